The summed E-state index contributed by atoms with van der Waals surface area (Å²) in [6.45, 7) is 4.49. The summed E-state index contributed by atoms with van der Waals surface area (Å²) in [5, 5.41) is 9.41. The lowest BCUT2D eigenvalue weighted by Crippen LogP contribution is -2.32. The molecule has 5 heteroatoms. The molecule has 1 unspecified atom stereocenters. The highest BCUT2D eigenvalue weighted by molar-refractivity contribution is 6.33. The number of benzene rings is 1. The summed E-state index contributed by atoms with van der Waals surface area (Å²) in [5.41, 5.74) is 1.08. The maximum atomic E-state index is 10.9. The van der Waals surface area contributed by atoms with E-state index in [1.807, 2.05) is 0 Å². The van der Waals surface area contributed by atoms with Crippen LogP contribution in [0.3, 0.4) is 0 Å². The van der Waals surface area contributed by atoms with Gasteiger partial charge in [0.05, 0.1) is 22.4 Å². The van der Waals surface area contributed by atoms with Gasteiger partial charge in [0.15, 0.2) is 0 Å². The lowest BCUT2D eigenvalue weighted by atomic mass is 10.1. The van der Waals surface area contributed by atoms with Gasteiger partial charge >= 0.3 is 5.97 Å². The molecule has 0 bridgehead atoms. The maximum absolute atomic E-state index is 10.9. The molecule has 1 saturated heterocycles. The Labute approximate surface area is 117 Å². The molecule has 1 fully saturated rings. The van der Waals surface area contributed by atoms with Crippen LogP contribution in [0.25, 0.3) is 0 Å². The van der Waals surface area contributed by atoms with Crippen molar-refractivity contribution in [3.63, 3.8) is 0 Å². The SMILES string of the molecule is CCN(CC1CCCO1)c1ccc(C(=O)O)cc1Cl. The number of rotatable bonds is 5. The van der Waals surface area contributed by atoms with Crippen molar-refractivity contribution in [1.29, 1.82) is 0 Å². The van der Waals surface area contributed by atoms with Crippen LogP contribution >= 0.6 is 11.6 Å². The molecule has 0 saturated carbocycles. The molecular formula is C14H18ClNO3. The van der Waals surface area contributed by atoms with Crippen LogP contribution in [0.5, 0.6) is 0 Å². The van der Waals surface area contributed by atoms with Crippen molar-refractivity contribution in [2.24, 2.45) is 0 Å². The summed E-state index contributed by atoms with van der Waals surface area (Å²) in [7, 11) is 0. The molecule has 1 aliphatic heterocycles. The average molecular weight is 284 g/mol. The van der Waals surface area contributed by atoms with E-state index in [2.05, 4.69) is 11.8 Å². The van der Waals surface area contributed by atoms with Gasteiger partial charge in [-0.3, -0.25) is 0 Å². The minimum Gasteiger partial charge on any atom is -0.478 e. The van der Waals surface area contributed by atoms with Gasteiger partial charge in [-0.2, -0.15) is 0 Å². The third kappa shape index (κ3) is 3.39. The zero-order chi connectivity index (χ0) is 13.8. The Kier molecular flexibility index (Phi) is 4.66. The monoisotopic (exact) mass is 283 g/mol. The standard InChI is InChI=1S/C14H18ClNO3/c1-2-16(9-11-4-3-7-19-11)13-6-5-10(14(17)18)8-12(13)15/h5-6,8,11H,2-4,7,9H2,1H3,(H,17,18). The normalized spacial score (nSPS) is 18.5. The van der Waals surface area contributed by atoms with Crippen LogP contribution in [0.1, 0.15) is 30.1 Å². The molecule has 0 aromatic heterocycles. The molecule has 0 spiro atoms. The van der Waals surface area contributed by atoms with Crippen LogP contribution in [0.15, 0.2) is 18.2 Å². The van der Waals surface area contributed by atoms with Crippen molar-refractivity contribution < 1.29 is 14.6 Å². The molecule has 19 heavy (non-hydrogen) atoms. The maximum Gasteiger partial charge on any atom is 0.335 e. The van der Waals surface area contributed by atoms with Gasteiger partial charge in [0.2, 0.25) is 0 Å². The zero-order valence-electron chi connectivity index (χ0n) is 10.9. The van der Waals surface area contributed by atoms with Gasteiger partial charge in [-0.25, -0.2) is 4.79 Å². The molecule has 1 heterocycles. The van der Waals surface area contributed by atoms with Crippen LogP contribution in [-0.2, 0) is 4.74 Å². The van der Waals surface area contributed by atoms with Gasteiger partial charge in [0.25, 0.3) is 0 Å². The van der Waals surface area contributed by atoms with Gasteiger partial charge in [-0.15, -0.1) is 0 Å². The van der Waals surface area contributed by atoms with Crippen molar-refractivity contribution in [2.75, 3.05) is 24.6 Å². The first-order chi connectivity index (χ1) is 9.11. The quantitative estimate of drug-likeness (QED) is 0.902. The first kappa shape index (κ1) is 14.2. The van der Waals surface area contributed by atoms with Crippen molar-refractivity contribution in [3.8, 4) is 0 Å². The van der Waals surface area contributed by atoms with Gasteiger partial charge in [-0.1, -0.05) is 11.6 Å². The summed E-state index contributed by atoms with van der Waals surface area (Å²) in [5.74, 6) is -0.962. The summed E-state index contributed by atoms with van der Waals surface area (Å²) >= 11 is 6.19. The fourth-order valence-electron chi connectivity index (χ4n) is 2.33. The summed E-state index contributed by atoms with van der Waals surface area (Å²) in [6.07, 6.45) is 2.42. The summed E-state index contributed by atoms with van der Waals surface area (Å²) in [4.78, 5) is 13.0. The van der Waals surface area contributed by atoms with E-state index in [0.717, 1.165) is 38.2 Å². The van der Waals surface area contributed by atoms with Crippen LogP contribution < -0.4 is 4.90 Å². The predicted octanol–water partition coefficient (Wildman–Crippen LogP) is 3.04. The molecule has 0 aliphatic carbocycles. The Bertz CT molecular complexity index is 458. The van der Waals surface area contributed by atoms with E-state index in [1.165, 1.54) is 6.07 Å². The lowest BCUT2D eigenvalue weighted by molar-refractivity contribution is 0.0697. The topological polar surface area (TPSA) is 49.8 Å². The van der Waals surface area contributed by atoms with Gasteiger partial charge in [-0.05, 0) is 38.0 Å². The molecule has 0 radical (unpaired) electrons. The summed E-state index contributed by atoms with van der Waals surface area (Å²) < 4.78 is 5.63. The number of anilines is 1. The Morgan fingerprint density at radius 3 is 2.89 bits per heavy atom. The fourth-order valence-corrected chi connectivity index (χ4v) is 2.63. The van der Waals surface area contributed by atoms with Crippen molar-refractivity contribution in [2.45, 2.75) is 25.9 Å². The van der Waals surface area contributed by atoms with E-state index in [9.17, 15) is 4.79 Å². The Hall–Kier alpha value is -1.26. The largest absolute Gasteiger partial charge is 0.478 e. The van der Waals surface area contributed by atoms with Crippen molar-refractivity contribution in [3.05, 3.63) is 28.8 Å². The predicted molar refractivity (Wildman–Crippen MR) is 75.3 cm³/mol. The van der Waals surface area contributed by atoms with Gasteiger partial charge < -0.3 is 14.7 Å². The third-order valence-electron chi connectivity index (χ3n) is 3.37. The second-order valence-electron chi connectivity index (χ2n) is 4.65. The Balaban J connectivity index is 2.15. The van der Waals surface area contributed by atoms with E-state index in [0.29, 0.717) is 5.02 Å². The molecule has 1 atom stereocenters. The van der Waals surface area contributed by atoms with Crippen LogP contribution in [0.2, 0.25) is 5.02 Å². The second kappa shape index (κ2) is 6.26. The number of nitrogens with zero attached hydrogens (tertiary/aromatic N) is 1. The van der Waals surface area contributed by atoms with E-state index in [1.54, 1.807) is 12.1 Å². The first-order valence-electron chi connectivity index (χ1n) is 6.51. The molecule has 2 rings (SSSR count). The molecule has 104 valence electrons. The third-order valence-corrected chi connectivity index (χ3v) is 3.67. The number of ether oxygens (including phenoxy) is 1. The minimum absolute atomic E-state index is 0.210. The summed E-state index contributed by atoms with van der Waals surface area (Å²) in [6, 6.07) is 4.85. The number of carboxylic acids is 1. The van der Waals surface area contributed by atoms with E-state index in [-0.39, 0.29) is 11.7 Å². The number of likely N-dealkylation sites (N-methyl/N-ethyl adjacent to an activating group) is 1. The average Bonchev–Trinajstić information content (AvgIpc) is 2.89. The highest BCUT2D eigenvalue weighted by atomic mass is 35.5. The number of aromatic carboxylic acids is 1. The van der Waals surface area contributed by atoms with Crippen molar-refractivity contribution >= 4 is 23.3 Å². The van der Waals surface area contributed by atoms with E-state index in [4.69, 9.17) is 21.4 Å². The molecule has 1 N–H and O–H groups in total. The van der Waals surface area contributed by atoms with Crippen LogP contribution in [0.4, 0.5) is 5.69 Å². The molecule has 0 amide bonds. The lowest BCUT2D eigenvalue weighted by Gasteiger charge is -2.27. The van der Waals surface area contributed by atoms with Crippen LogP contribution in [-0.4, -0.2) is 36.9 Å². The number of halogens is 1. The second-order valence-corrected chi connectivity index (χ2v) is 5.05. The fraction of sp³-hybridized carbons (Fsp3) is 0.500. The first-order valence-corrected chi connectivity index (χ1v) is 6.89. The van der Waals surface area contributed by atoms with Gasteiger partial charge in [0, 0.05) is 19.7 Å². The zero-order valence-corrected chi connectivity index (χ0v) is 11.7. The molecule has 1 aromatic rings. The molecule has 1 aliphatic rings. The van der Waals surface area contributed by atoms with Crippen molar-refractivity contribution in [1.82, 2.24) is 0 Å². The number of carboxylic acid groups (broad SMARTS) is 1. The number of carbonyl (C=O) groups is 1. The highest BCUT2D eigenvalue weighted by Crippen LogP contribution is 2.28. The number of hydrogen-bond acceptors (Lipinski definition) is 3. The van der Waals surface area contributed by atoms with Crippen LogP contribution in [0, 0.1) is 0 Å². The van der Waals surface area contributed by atoms with E-state index < -0.39 is 5.97 Å². The Morgan fingerprint density at radius 2 is 2.37 bits per heavy atom. The van der Waals surface area contributed by atoms with E-state index >= 15 is 0 Å². The number of hydrogen-bond donors (Lipinski definition) is 1. The molecule has 1 aromatic carbocycles. The molecule has 4 nitrogen and oxygen atoms in total. The van der Waals surface area contributed by atoms with Gasteiger partial charge in [0.1, 0.15) is 0 Å². The Morgan fingerprint density at radius 1 is 1.58 bits per heavy atom. The highest BCUT2D eigenvalue weighted by Gasteiger charge is 2.20. The minimum atomic E-state index is -0.962. The smallest absolute Gasteiger partial charge is 0.335 e. The molecular weight excluding hydrogens is 266 g/mol.